The normalized spacial score (nSPS) is 19.6. The Morgan fingerprint density at radius 2 is 1.93 bits per heavy atom. The molecule has 2 aromatic heterocycles. The van der Waals surface area contributed by atoms with Crippen LogP contribution in [0.1, 0.15) is 35.2 Å². The van der Waals surface area contributed by atoms with Crippen LogP contribution < -0.4 is 14.8 Å². The van der Waals surface area contributed by atoms with Gasteiger partial charge in [-0.15, -0.1) is 0 Å². The third-order valence-electron chi connectivity index (χ3n) is 8.11. The third kappa shape index (κ3) is 6.06. The summed E-state index contributed by atoms with van der Waals surface area (Å²) >= 11 is 0. The quantitative estimate of drug-likeness (QED) is 0.326. The number of ether oxygens (including phenoxy) is 3. The minimum Gasteiger partial charge on any atom is -0.496 e. The maximum absolute atomic E-state index is 13.0. The molecule has 2 saturated heterocycles. The van der Waals surface area contributed by atoms with Gasteiger partial charge in [0.25, 0.3) is 5.91 Å². The highest BCUT2D eigenvalue weighted by molar-refractivity contribution is 5.97. The number of methoxy groups -OCH3 is 1. The third-order valence-corrected chi connectivity index (χ3v) is 8.11. The van der Waals surface area contributed by atoms with E-state index in [4.69, 9.17) is 18.6 Å². The molecule has 2 fully saturated rings. The monoisotopic (exact) mass is 582 g/mol. The average molecular weight is 583 g/mol. The number of pyridine rings is 1. The Morgan fingerprint density at radius 1 is 1.09 bits per heavy atom. The summed E-state index contributed by atoms with van der Waals surface area (Å²) < 4.78 is 23.5. The highest BCUT2D eigenvalue weighted by Gasteiger charge is 2.28. The zero-order chi connectivity index (χ0) is 29.9. The number of piperidine rings is 1. The van der Waals surface area contributed by atoms with E-state index in [0.717, 1.165) is 30.5 Å². The van der Waals surface area contributed by atoms with E-state index in [0.29, 0.717) is 71.2 Å². The van der Waals surface area contributed by atoms with E-state index in [9.17, 15) is 15.2 Å². The van der Waals surface area contributed by atoms with Gasteiger partial charge in [-0.25, -0.2) is 0 Å². The second-order valence-corrected chi connectivity index (χ2v) is 11.0. The topological polar surface area (TPSA) is 130 Å². The molecule has 4 heterocycles. The number of rotatable bonds is 7. The van der Waals surface area contributed by atoms with Crippen LogP contribution in [0.25, 0.3) is 33.6 Å². The average Bonchev–Trinajstić information content (AvgIpc) is 3.47. The first-order valence-corrected chi connectivity index (χ1v) is 14.5. The summed E-state index contributed by atoms with van der Waals surface area (Å²) in [5, 5.41) is 23.2. The second kappa shape index (κ2) is 12.4. The summed E-state index contributed by atoms with van der Waals surface area (Å²) in [5.41, 5.74) is 4.34. The van der Waals surface area contributed by atoms with Crippen LogP contribution in [0.15, 0.2) is 59.1 Å². The van der Waals surface area contributed by atoms with Gasteiger partial charge < -0.3 is 34.0 Å². The number of hydrogen-bond donors (Lipinski definition) is 2. The van der Waals surface area contributed by atoms with Crippen LogP contribution in [0.2, 0.25) is 0 Å². The van der Waals surface area contributed by atoms with E-state index >= 15 is 0 Å². The van der Waals surface area contributed by atoms with Crippen molar-refractivity contribution in [2.24, 2.45) is 0 Å². The molecule has 0 spiro atoms. The minimum atomic E-state index is -0.585. The smallest absolute Gasteiger partial charge is 0.251 e. The van der Waals surface area contributed by atoms with Gasteiger partial charge in [0, 0.05) is 49.3 Å². The van der Waals surface area contributed by atoms with E-state index in [1.54, 1.807) is 37.6 Å². The number of nitrogens with one attached hydrogen (secondary N) is 1. The summed E-state index contributed by atoms with van der Waals surface area (Å²) in [6, 6.07) is 16.3. The molecular weight excluding hydrogens is 548 g/mol. The van der Waals surface area contributed by atoms with Gasteiger partial charge in [0.2, 0.25) is 0 Å². The molecule has 1 amide bonds. The number of fused-ring (bicyclic) bond motifs is 1. The molecule has 2 aliphatic heterocycles. The Labute approximate surface area is 249 Å². The zero-order valence-electron chi connectivity index (χ0n) is 24.2. The predicted molar refractivity (Wildman–Crippen MR) is 160 cm³/mol. The van der Waals surface area contributed by atoms with Crippen LogP contribution in [0.4, 0.5) is 0 Å². The summed E-state index contributed by atoms with van der Waals surface area (Å²) in [6.07, 6.45) is 3.35. The van der Waals surface area contributed by atoms with Gasteiger partial charge in [0.1, 0.15) is 34.9 Å². The van der Waals surface area contributed by atoms with Crippen molar-refractivity contribution in [2.45, 2.75) is 37.5 Å². The van der Waals surface area contributed by atoms with Crippen molar-refractivity contribution in [3.63, 3.8) is 0 Å². The van der Waals surface area contributed by atoms with Crippen molar-refractivity contribution in [1.29, 1.82) is 5.26 Å². The molecule has 222 valence electrons. The molecular formula is C33H34N4O6. The number of carbonyl (C=O) groups is 1. The summed E-state index contributed by atoms with van der Waals surface area (Å²) in [4.78, 5) is 19.6. The van der Waals surface area contributed by atoms with Crippen LogP contribution in [0.5, 0.6) is 11.5 Å². The standard InChI is InChI=1S/C33H34N4O6/c1-37-12-8-28(38)27(19-37)36-33(39)21-3-5-25(30(16-21)40-2)31-17-26-32(43-31)24(7-11-35-26)20-4-6-29(22(15-20)18-34)42-23-9-13-41-14-10-23/h3-7,11,15-17,23,27-28,38H,8-10,12-14,19H2,1-2H3,(H,36,39). The Balaban J connectivity index is 1.27. The Morgan fingerprint density at radius 3 is 2.72 bits per heavy atom. The molecule has 0 radical (unpaired) electrons. The lowest BCUT2D eigenvalue weighted by molar-refractivity contribution is 0.0254. The maximum atomic E-state index is 13.0. The minimum absolute atomic E-state index is 0.0277. The van der Waals surface area contributed by atoms with E-state index in [1.807, 2.05) is 31.3 Å². The molecule has 4 aromatic rings. The van der Waals surface area contributed by atoms with Gasteiger partial charge in [0.15, 0.2) is 5.58 Å². The van der Waals surface area contributed by atoms with Gasteiger partial charge in [0.05, 0.1) is 43.6 Å². The molecule has 10 heteroatoms. The second-order valence-electron chi connectivity index (χ2n) is 11.0. The summed E-state index contributed by atoms with van der Waals surface area (Å²) in [5.74, 6) is 1.27. The highest BCUT2D eigenvalue weighted by atomic mass is 16.5. The summed E-state index contributed by atoms with van der Waals surface area (Å²) in [6.45, 7) is 2.69. The number of amides is 1. The molecule has 2 aliphatic rings. The summed E-state index contributed by atoms with van der Waals surface area (Å²) in [7, 11) is 3.51. The van der Waals surface area contributed by atoms with E-state index in [1.165, 1.54) is 0 Å². The number of nitriles is 1. The number of carbonyl (C=O) groups excluding carboxylic acids is 1. The number of likely N-dealkylation sites (tertiary alicyclic amines) is 1. The Hall–Kier alpha value is -4.43. The van der Waals surface area contributed by atoms with Crippen molar-refractivity contribution in [2.75, 3.05) is 40.5 Å². The lowest BCUT2D eigenvalue weighted by Gasteiger charge is -2.34. The number of hydrogen-bond acceptors (Lipinski definition) is 9. The van der Waals surface area contributed by atoms with Crippen molar-refractivity contribution in [3.8, 4) is 40.0 Å². The van der Waals surface area contributed by atoms with Crippen LogP contribution in [0.3, 0.4) is 0 Å². The SMILES string of the molecule is COc1cc(C(=O)NC2CN(C)CCC2O)ccc1-c1cc2nccc(-c3ccc(OC4CCOCC4)c(C#N)c3)c2o1. The number of benzene rings is 2. The van der Waals surface area contributed by atoms with Crippen molar-refractivity contribution in [1.82, 2.24) is 15.2 Å². The molecule has 0 aliphatic carbocycles. The van der Waals surface area contributed by atoms with E-state index in [2.05, 4.69) is 21.3 Å². The maximum Gasteiger partial charge on any atom is 0.251 e. The predicted octanol–water partition coefficient (Wildman–Crippen LogP) is 4.39. The van der Waals surface area contributed by atoms with Gasteiger partial charge in [-0.05, 0) is 55.4 Å². The number of aliphatic hydroxyl groups excluding tert-OH is 1. The van der Waals surface area contributed by atoms with Crippen molar-refractivity contribution in [3.05, 3.63) is 65.9 Å². The lowest BCUT2D eigenvalue weighted by Crippen LogP contribution is -2.54. The largest absolute Gasteiger partial charge is 0.496 e. The van der Waals surface area contributed by atoms with Gasteiger partial charge in [-0.3, -0.25) is 9.78 Å². The first kappa shape index (κ1) is 28.7. The van der Waals surface area contributed by atoms with Gasteiger partial charge in [-0.2, -0.15) is 5.26 Å². The molecule has 10 nitrogen and oxygen atoms in total. The van der Waals surface area contributed by atoms with Crippen LogP contribution in [-0.2, 0) is 4.74 Å². The molecule has 2 N–H and O–H groups in total. The fraction of sp³-hybridized carbons (Fsp3) is 0.364. The fourth-order valence-electron chi connectivity index (χ4n) is 5.69. The molecule has 2 atom stereocenters. The molecule has 2 unspecified atom stereocenters. The Bertz CT molecular complexity index is 1670. The number of aromatic nitrogens is 1. The number of furan rings is 1. The Kier molecular flexibility index (Phi) is 8.29. The zero-order valence-corrected chi connectivity index (χ0v) is 24.2. The molecule has 6 rings (SSSR count). The highest BCUT2D eigenvalue weighted by Crippen LogP contribution is 2.38. The molecule has 43 heavy (non-hydrogen) atoms. The first-order chi connectivity index (χ1) is 20.9. The molecule has 0 saturated carbocycles. The van der Waals surface area contributed by atoms with Crippen LogP contribution >= 0.6 is 0 Å². The van der Waals surface area contributed by atoms with Gasteiger partial charge in [-0.1, -0.05) is 6.07 Å². The van der Waals surface area contributed by atoms with E-state index < -0.39 is 6.10 Å². The first-order valence-electron chi connectivity index (χ1n) is 14.5. The molecule has 2 aromatic carbocycles. The molecule has 0 bridgehead atoms. The van der Waals surface area contributed by atoms with Crippen molar-refractivity contribution >= 4 is 17.0 Å². The van der Waals surface area contributed by atoms with E-state index in [-0.39, 0.29) is 18.1 Å². The number of aliphatic hydroxyl groups is 1. The van der Waals surface area contributed by atoms with Crippen LogP contribution in [-0.4, -0.2) is 79.6 Å². The fourth-order valence-corrected chi connectivity index (χ4v) is 5.69. The number of nitrogens with zero attached hydrogens (tertiary/aromatic N) is 3. The van der Waals surface area contributed by atoms with Crippen LogP contribution in [0, 0.1) is 11.3 Å². The lowest BCUT2D eigenvalue weighted by atomic mass is 10.0. The van der Waals surface area contributed by atoms with Crippen molar-refractivity contribution < 1.29 is 28.5 Å². The van der Waals surface area contributed by atoms with Gasteiger partial charge >= 0.3 is 0 Å². The number of likely N-dealkylation sites (N-methyl/N-ethyl adjacent to an activating group) is 1.